The smallest absolute Gasteiger partial charge is 0.427 e. The fourth-order valence-electron chi connectivity index (χ4n) is 2.33. The molecule has 0 aliphatic rings. The van der Waals surface area contributed by atoms with Gasteiger partial charge in [0.1, 0.15) is 23.1 Å². The summed E-state index contributed by atoms with van der Waals surface area (Å²) in [6.07, 6.45) is -4.59. The minimum absolute atomic E-state index is 0.0173. The van der Waals surface area contributed by atoms with Gasteiger partial charge in [0.25, 0.3) is 0 Å². The number of rotatable bonds is 4. The van der Waals surface area contributed by atoms with Crippen LogP contribution in [0, 0.1) is 12.7 Å². The quantitative estimate of drug-likeness (QED) is 0.474. The van der Waals surface area contributed by atoms with E-state index in [-0.39, 0.29) is 28.5 Å². The topological polar surface area (TPSA) is 22.1 Å². The Morgan fingerprint density at radius 2 is 1.92 bits per heavy atom. The number of benzene rings is 2. The molecule has 0 N–H and O–H groups in total. The second-order valence-electron chi connectivity index (χ2n) is 5.40. The average Bonchev–Trinajstić information content (AvgIpc) is 3.00. The van der Waals surface area contributed by atoms with Gasteiger partial charge in [-0.05, 0) is 48.3 Å². The van der Waals surface area contributed by atoms with Crippen molar-refractivity contribution in [1.82, 2.24) is 4.37 Å². The van der Waals surface area contributed by atoms with Crippen molar-refractivity contribution in [2.75, 3.05) is 0 Å². The van der Waals surface area contributed by atoms with Crippen LogP contribution >= 0.6 is 23.1 Å². The number of ether oxygens (including phenoxy) is 1. The van der Waals surface area contributed by atoms with Gasteiger partial charge < -0.3 is 4.74 Å². The molecule has 0 atom stereocenters. The van der Waals surface area contributed by atoms with Gasteiger partial charge in [0.15, 0.2) is 0 Å². The Balaban J connectivity index is 2.00. The van der Waals surface area contributed by atoms with Gasteiger partial charge in [0, 0.05) is 11.1 Å². The third-order valence-corrected chi connectivity index (χ3v) is 4.76. The number of hydrogen-bond donors (Lipinski definition) is 0. The third-order valence-electron chi connectivity index (χ3n) is 3.52. The summed E-state index contributed by atoms with van der Waals surface area (Å²) in [7, 11) is 0. The Morgan fingerprint density at radius 1 is 1.15 bits per heavy atom. The molecule has 26 heavy (non-hydrogen) atoms. The highest BCUT2D eigenvalue weighted by atomic mass is 35.5. The summed E-state index contributed by atoms with van der Waals surface area (Å²) in [6, 6.07) is 10.4. The zero-order chi connectivity index (χ0) is 18.9. The fraction of sp³-hybridized carbons (Fsp3) is 0.111. The van der Waals surface area contributed by atoms with Crippen LogP contribution in [0.5, 0.6) is 5.75 Å². The summed E-state index contributed by atoms with van der Waals surface area (Å²) < 4.78 is 63.0. The number of nitrogens with zero attached hydrogens (tertiary/aromatic N) is 1. The number of aromatic nitrogens is 1. The summed E-state index contributed by atoms with van der Waals surface area (Å²) >= 11 is 5.94. The lowest BCUT2D eigenvalue weighted by molar-refractivity contribution is -0.135. The summed E-state index contributed by atoms with van der Waals surface area (Å²) in [5, 5.41) is -0.120. The molecule has 2 nitrogen and oxygen atoms in total. The highest BCUT2D eigenvalue weighted by Crippen LogP contribution is 2.40. The Hall–Kier alpha value is -2.12. The highest BCUT2D eigenvalue weighted by Gasteiger charge is 2.38. The van der Waals surface area contributed by atoms with E-state index in [1.165, 1.54) is 12.1 Å². The maximum absolute atomic E-state index is 13.7. The van der Waals surface area contributed by atoms with Crippen LogP contribution in [0.25, 0.3) is 11.3 Å². The first-order chi connectivity index (χ1) is 12.3. The highest BCUT2D eigenvalue weighted by molar-refractivity contribution is 7.06. The van der Waals surface area contributed by atoms with Crippen LogP contribution < -0.4 is 4.74 Å². The summed E-state index contributed by atoms with van der Waals surface area (Å²) in [4.78, 5) is -0.881. The molecule has 8 heteroatoms. The number of hydrogen-bond acceptors (Lipinski definition) is 3. The molecule has 0 fully saturated rings. The van der Waals surface area contributed by atoms with Crippen molar-refractivity contribution in [3.8, 4) is 17.0 Å². The maximum Gasteiger partial charge on any atom is 0.427 e. The van der Waals surface area contributed by atoms with E-state index in [1.807, 2.05) is 0 Å². The van der Waals surface area contributed by atoms with Gasteiger partial charge in [-0.25, -0.2) is 4.39 Å². The van der Waals surface area contributed by atoms with E-state index in [0.717, 1.165) is 6.07 Å². The van der Waals surface area contributed by atoms with E-state index >= 15 is 0 Å². The molecule has 0 bridgehead atoms. The van der Waals surface area contributed by atoms with Crippen molar-refractivity contribution in [3.05, 3.63) is 76.2 Å². The van der Waals surface area contributed by atoms with Crippen LogP contribution in [-0.4, -0.2) is 4.37 Å². The molecule has 0 saturated heterocycles. The van der Waals surface area contributed by atoms with Crippen LogP contribution in [0.4, 0.5) is 17.6 Å². The van der Waals surface area contributed by atoms with Gasteiger partial charge in [0.05, 0.1) is 10.7 Å². The van der Waals surface area contributed by atoms with Gasteiger partial charge in [-0.2, -0.15) is 17.5 Å². The predicted molar refractivity (Wildman–Crippen MR) is 92.8 cm³/mol. The molecule has 3 rings (SSSR count). The first-order valence-electron chi connectivity index (χ1n) is 7.31. The second kappa shape index (κ2) is 7.25. The van der Waals surface area contributed by atoms with Crippen molar-refractivity contribution in [2.45, 2.75) is 12.8 Å². The molecular weight excluding hydrogens is 390 g/mol. The first-order valence-corrected chi connectivity index (χ1v) is 8.47. The Bertz CT molecular complexity index is 939. The molecule has 0 spiro atoms. The maximum atomic E-state index is 13.7. The Morgan fingerprint density at radius 3 is 2.58 bits per heavy atom. The predicted octanol–water partition coefficient (Wildman–Crippen LogP) is 6.38. The van der Waals surface area contributed by atoms with E-state index in [1.54, 1.807) is 24.3 Å². The van der Waals surface area contributed by atoms with Gasteiger partial charge in [-0.15, -0.1) is 0 Å². The molecule has 0 aliphatic heterocycles. The summed E-state index contributed by atoms with van der Waals surface area (Å²) in [5.41, 5.74) is 0.729. The average molecular weight is 401 g/mol. The van der Waals surface area contributed by atoms with E-state index in [2.05, 4.69) is 11.3 Å². The van der Waals surface area contributed by atoms with Crippen molar-refractivity contribution in [1.29, 1.82) is 0 Å². The van der Waals surface area contributed by atoms with Crippen molar-refractivity contribution < 1.29 is 22.3 Å². The molecule has 0 aliphatic carbocycles. The molecule has 0 unspecified atom stereocenters. The second-order valence-corrected chi connectivity index (χ2v) is 6.58. The van der Waals surface area contributed by atoms with Crippen molar-refractivity contribution >= 4 is 23.1 Å². The minimum Gasteiger partial charge on any atom is -0.489 e. The lowest BCUT2D eigenvalue weighted by Gasteiger charge is -2.11. The van der Waals surface area contributed by atoms with Crippen LogP contribution in [0.2, 0.25) is 5.02 Å². The van der Waals surface area contributed by atoms with Crippen LogP contribution in [0.3, 0.4) is 0 Å². The summed E-state index contributed by atoms with van der Waals surface area (Å²) in [5.74, 6) is -0.354. The largest absolute Gasteiger partial charge is 0.489 e. The van der Waals surface area contributed by atoms with Crippen molar-refractivity contribution in [3.63, 3.8) is 0 Å². The molecule has 0 saturated carbocycles. The Labute approximate surface area is 156 Å². The van der Waals surface area contributed by atoms with Crippen LogP contribution in [-0.2, 0) is 12.8 Å². The molecule has 1 heterocycles. The van der Waals surface area contributed by atoms with E-state index in [4.69, 9.17) is 16.3 Å². The lowest BCUT2D eigenvalue weighted by atomic mass is 10.1. The first kappa shape index (κ1) is 18.7. The Kier molecular flexibility index (Phi) is 5.20. The molecular formula is C18H11ClF4NOS. The minimum atomic E-state index is -4.59. The zero-order valence-electron chi connectivity index (χ0n) is 13.1. The van der Waals surface area contributed by atoms with Crippen molar-refractivity contribution in [2.24, 2.45) is 0 Å². The fourth-order valence-corrected chi connectivity index (χ4v) is 3.21. The SMILES string of the molecule is [CH2]c1cccc(OCc2c(-c3ccc(Cl)c(F)c3)nsc2C(F)(F)F)c1. The molecule has 1 aromatic heterocycles. The van der Waals surface area contributed by atoms with Gasteiger partial charge in [-0.3, -0.25) is 0 Å². The van der Waals surface area contributed by atoms with E-state index in [0.29, 0.717) is 22.8 Å². The normalized spacial score (nSPS) is 11.6. The van der Waals surface area contributed by atoms with Crippen LogP contribution in [0.15, 0.2) is 42.5 Å². The van der Waals surface area contributed by atoms with Crippen LogP contribution in [0.1, 0.15) is 16.0 Å². The monoisotopic (exact) mass is 400 g/mol. The standard InChI is InChI=1S/C18H11ClF4NOS/c1-10-3-2-4-12(7-10)25-9-13-16(24-26-17(13)18(21,22)23)11-5-6-14(19)15(20)8-11/h2-8H,1,9H2. The van der Waals surface area contributed by atoms with E-state index < -0.39 is 16.9 Å². The lowest BCUT2D eigenvalue weighted by Crippen LogP contribution is -2.08. The molecule has 1 radical (unpaired) electrons. The zero-order valence-corrected chi connectivity index (χ0v) is 14.7. The summed E-state index contributed by atoms with van der Waals surface area (Å²) in [6.45, 7) is 3.37. The third kappa shape index (κ3) is 3.99. The molecule has 3 aromatic rings. The van der Waals surface area contributed by atoms with Gasteiger partial charge in [-0.1, -0.05) is 29.8 Å². The molecule has 135 valence electrons. The number of halogens is 5. The molecule has 2 aromatic carbocycles. The molecule has 0 amide bonds. The van der Waals surface area contributed by atoms with Gasteiger partial charge >= 0.3 is 6.18 Å². The van der Waals surface area contributed by atoms with Gasteiger partial charge in [0.2, 0.25) is 0 Å². The van der Waals surface area contributed by atoms with E-state index in [9.17, 15) is 17.6 Å². The number of alkyl halides is 3.